The van der Waals surface area contributed by atoms with Gasteiger partial charge >= 0.3 is 0 Å². The van der Waals surface area contributed by atoms with E-state index in [2.05, 4.69) is 29.5 Å². The summed E-state index contributed by atoms with van der Waals surface area (Å²) in [5.74, 6) is 0.758. The number of hydrazine groups is 1. The van der Waals surface area contributed by atoms with Gasteiger partial charge in [-0.25, -0.2) is 4.98 Å². The van der Waals surface area contributed by atoms with Crippen molar-refractivity contribution in [2.75, 3.05) is 5.01 Å². The van der Waals surface area contributed by atoms with Crippen molar-refractivity contribution in [1.29, 1.82) is 0 Å². The first kappa shape index (κ1) is 14.3. The molecule has 112 valence electrons. The largest absolute Gasteiger partial charge is 0.301 e. The maximum Gasteiger partial charge on any atom is 0.148 e. The number of pyridine rings is 1. The van der Waals surface area contributed by atoms with Gasteiger partial charge in [-0.05, 0) is 36.1 Å². The number of aromatic nitrogens is 1. The fourth-order valence-electron chi connectivity index (χ4n) is 2.79. The lowest BCUT2D eigenvalue weighted by atomic mass is 9.97. The van der Waals surface area contributed by atoms with Crippen LogP contribution in [0.2, 0.25) is 0 Å². The highest BCUT2D eigenvalue weighted by Crippen LogP contribution is 2.28. The van der Waals surface area contributed by atoms with Gasteiger partial charge in [0.2, 0.25) is 0 Å². The zero-order valence-corrected chi connectivity index (χ0v) is 12.6. The summed E-state index contributed by atoms with van der Waals surface area (Å²) in [6, 6.07) is 15.6. The van der Waals surface area contributed by atoms with E-state index in [0.29, 0.717) is 0 Å². The fourth-order valence-corrected chi connectivity index (χ4v) is 2.79. The van der Waals surface area contributed by atoms with E-state index < -0.39 is 0 Å². The highest BCUT2D eigenvalue weighted by Gasteiger charge is 2.32. The maximum absolute atomic E-state index is 11.7. The minimum Gasteiger partial charge on any atom is -0.301 e. The molecule has 0 saturated carbocycles. The summed E-state index contributed by atoms with van der Waals surface area (Å²) in [6.45, 7) is 2.09. The molecule has 4 nitrogen and oxygen atoms in total. The van der Waals surface area contributed by atoms with Crippen LogP contribution in [0, 0.1) is 0 Å². The average molecular weight is 293 g/mol. The van der Waals surface area contributed by atoms with Gasteiger partial charge in [0, 0.05) is 11.9 Å². The van der Waals surface area contributed by atoms with Gasteiger partial charge < -0.3 is 10.2 Å². The van der Waals surface area contributed by atoms with Crippen LogP contribution in [0.15, 0.2) is 66.0 Å². The van der Waals surface area contributed by atoms with E-state index >= 15 is 0 Å². The molecular weight excluding hydrogens is 274 g/mol. The second kappa shape index (κ2) is 6.43. The monoisotopic (exact) mass is 293 g/mol. The van der Waals surface area contributed by atoms with Crippen molar-refractivity contribution in [3.05, 3.63) is 71.6 Å². The van der Waals surface area contributed by atoms with Gasteiger partial charge in [0.15, 0.2) is 0 Å². The summed E-state index contributed by atoms with van der Waals surface area (Å²) >= 11 is 0. The molecule has 2 heterocycles. The highest BCUT2D eigenvalue weighted by atomic mass is 16.1. The van der Waals surface area contributed by atoms with Crippen LogP contribution in [-0.2, 0) is 11.2 Å². The van der Waals surface area contributed by atoms with E-state index in [-0.39, 0.29) is 6.04 Å². The Bertz CT molecular complexity index is 667. The molecule has 1 aromatic heterocycles. The first-order valence-corrected chi connectivity index (χ1v) is 7.51. The smallest absolute Gasteiger partial charge is 0.148 e. The van der Waals surface area contributed by atoms with Crippen molar-refractivity contribution in [1.82, 2.24) is 10.4 Å². The number of anilines is 1. The van der Waals surface area contributed by atoms with Crippen molar-refractivity contribution in [3.63, 3.8) is 0 Å². The number of aldehydes is 1. The fraction of sp³-hybridized carbons (Fsp3) is 0.222. The van der Waals surface area contributed by atoms with Crippen LogP contribution in [0.4, 0.5) is 5.82 Å². The lowest BCUT2D eigenvalue weighted by Crippen LogP contribution is -2.41. The summed E-state index contributed by atoms with van der Waals surface area (Å²) in [6.07, 6.45) is 4.35. The summed E-state index contributed by atoms with van der Waals surface area (Å²) in [5, 5.41) is 1.85. The number of nitrogens with one attached hydrogen (secondary N) is 1. The molecule has 0 bridgehead atoms. The Balaban J connectivity index is 1.91. The number of allylic oxidation sites excluding steroid dienone is 1. The van der Waals surface area contributed by atoms with Crippen molar-refractivity contribution in [2.45, 2.75) is 25.8 Å². The SMILES string of the molecule is CCC1=C(Cc2ccccc2)C(C=O)N(c2ccccn2)N1. The molecule has 0 amide bonds. The third-order valence-corrected chi connectivity index (χ3v) is 3.89. The first-order chi connectivity index (χ1) is 10.8. The molecule has 0 radical (unpaired) electrons. The van der Waals surface area contributed by atoms with E-state index in [9.17, 15) is 4.79 Å². The Morgan fingerprint density at radius 2 is 1.95 bits per heavy atom. The van der Waals surface area contributed by atoms with Gasteiger partial charge in [-0.15, -0.1) is 0 Å². The Labute approximate surface area is 130 Å². The van der Waals surface area contributed by atoms with Crippen LogP contribution in [0.1, 0.15) is 18.9 Å². The zero-order valence-electron chi connectivity index (χ0n) is 12.6. The van der Waals surface area contributed by atoms with E-state index in [4.69, 9.17) is 0 Å². The number of hydrogen-bond acceptors (Lipinski definition) is 4. The lowest BCUT2D eigenvalue weighted by molar-refractivity contribution is -0.108. The number of carbonyl (C=O) groups is 1. The Kier molecular flexibility index (Phi) is 4.19. The molecule has 0 spiro atoms. The van der Waals surface area contributed by atoms with Crippen molar-refractivity contribution in [2.24, 2.45) is 0 Å². The predicted molar refractivity (Wildman–Crippen MR) is 87.2 cm³/mol. The van der Waals surface area contributed by atoms with Crippen LogP contribution in [-0.4, -0.2) is 17.3 Å². The third kappa shape index (κ3) is 2.72. The molecule has 1 atom stereocenters. The Hall–Kier alpha value is -2.62. The molecule has 1 aliphatic rings. The molecule has 22 heavy (non-hydrogen) atoms. The molecule has 0 aliphatic carbocycles. The normalized spacial score (nSPS) is 17.5. The van der Waals surface area contributed by atoms with Gasteiger partial charge in [0.1, 0.15) is 18.1 Å². The summed E-state index contributed by atoms with van der Waals surface area (Å²) in [4.78, 5) is 16.1. The average Bonchev–Trinajstić information content (AvgIpc) is 2.94. The topological polar surface area (TPSA) is 45.2 Å². The number of carbonyl (C=O) groups excluding carboxylic acids is 1. The van der Waals surface area contributed by atoms with Crippen LogP contribution >= 0.6 is 0 Å². The van der Waals surface area contributed by atoms with Crippen LogP contribution in [0.5, 0.6) is 0 Å². The Morgan fingerprint density at radius 3 is 2.59 bits per heavy atom. The van der Waals surface area contributed by atoms with Crippen molar-refractivity contribution in [3.8, 4) is 0 Å². The molecule has 0 saturated heterocycles. The quantitative estimate of drug-likeness (QED) is 0.861. The zero-order chi connectivity index (χ0) is 15.4. The van der Waals surface area contributed by atoms with Crippen LogP contribution < -0.4 is 10.4 Å². The van der Waals surface area contributed by atoms with Crippen LogP contribution in [0.3, 0.4) is 0 Å². The first-order valence-electron chi connectivity index (χ1n) is 7.51. The number of nitrogens with zero attached hydrogens (tertiary/aromatic N) is 2. The van der Waals surface area contributed by atoms with Gasteiger partial charge in [-0.1, -0.05) is 43.3 Å². The third-order valence-electron chi connectivity index (χ3n) is 3.89. The lowest BCUT2D eigenvalue weighted by Gasteiger charge is -2.23. The second-order valence-corrected chi connectivity index (χ2v) is 5.27. The van der Waals surface area contributed by atoms with E-state index in [0.717, 1.165) is 36.2 Å². The van der Waals surface area contributed by atoms with E-state index in [1.165, 1.54) is 5.56 Å². The van der Waals surface area contributed by atoms with Gasteiger partial charge in [-0.2, -0.15) is 0 Å². The predicted octanol–water partition coefficient (Wildman–Crippen LogP) is 2.88. The highest BCUT2D eigenvalue weighted by molar-refractivity contribution is 5.72. The molecule has 0 fully saturated rings. The molecule has 2 aromatic rings. The Morgan fingerprint density at radius 1 is 1.18 bits per heavy atom. The molecule has 1 aliphatic heterocycles. The van der Waals surface area contributed by atoms with Crippen LogP contribution in [0.25, 0.3) is 0 Å². The van der Waals surface area contributed by atoms with Gasteiger partial charge in [0.25, 0.3) is 0 Å². The number of hydrogen-bond donors (Lipinski definition) is 1. The number of rotatable bonds is 5. The minimum atomic E-state index is -0.315. The van der Waals surface area contributed by atoms with Gasteiger partial charge in [0.05, 0.1) is 0 Å². The van der Waals surface area contributed by atoms with Crippen molar-refractivity contribution >= 4 is 12.1 Å². The number of benzene rings is 1. The molecule has 1 unspecified atom stereocenters. The van der Waals surface area contributed by atoms with E-state index in [1.807, 2.05) is 41.4 Å². The minimum absolute atomic E-state index is 0.315. The molecule has 1 aromatic carbocycles. The molecule has 1 N–H and O–H groups in total. The summed E-state index contributed by atoms with van der Waals surface area (Å²) < 4.78 is 0. The molecular formula is C18H19N3O. The van der Waals surface area contributed by atoms with Crippen molar-refractivity contribution < 1.29 is 4.79 Å². The summed E-state index contributed by atoms with van der Waals surface area (Å²) in [7, 11) is 0. The van der Waals surface area contributed by atoms with E-state index in [1.54, 1.807) is 6.20 Å². The molecule has 3 rings (SSSR count). The second-order valence-electron chi connectivity index (χ2n) is 5.27. The maximum atomic E-state index is 11.7. The standard InChI is InChI=1S/C18H19N3O/c1-2-16-15(12-14-8-4-3-5-9-14)17(13-22)21(20-16)18-10-6-7-11-19-18/h3-11,13,17,20H,2,12H2,1H3. The van der Waals surface area contributed by atoms with Gasteiger partial charge in [-0.3, -0.25) is 5.01 Å². The molecule has 4 heteroatoms. The summed E-state index contributed by atoms with van der Waals surface area (Å²) in [5.41, 5.74) is 6.78.